The van der Waals surface area contributed by atoms with Crippen molar-refractivity contribution in [3.8, 4) is 0 Å². The molecule has 2 aromatic rings. The van der Waals surface area contributed by atoms with E-state index in [1.54, 1.807) is 6.07 Å². The third-order valence-electron chi connectivity index (χ3n) is 3.73. The van der Waals surface area contributed by atoms with E-state index < -0.39 is 11.7 Å². The van der Waals surface area contributed by atoms with Crippen molar-refractivity contribution in [3.05, 3.63) is 36.0 Å². The highest BCUT2D eigenvalue weighted by Gasteiger charge is 2.32. The Balaban J connectivity index is 2.12. The zero-order valence-electron chi connectivity index (χ0n) is 11.5. The molecule has 1 aliphatic heterocycles. The zero-order chi connectivity index (χ0) is 14.9. The Bertz CT molecular complexity index is 632. The fourth-order valence-electron chi connectivity index (χ4n) is 2.75. The lowest BCUT2D eigenvalue weighted by Gasteiger charge is -2.23. The minimum absolute atomic E-state index is 0.215. The van der Waals surface area contributed by atoms with Crippen LogP contribution in [0.3, 0.4) is 0 Å². The van der Waals surface area contributed by atoms with Crippen LogP contribution in [0.25, 0.3) is 10.8 Å². The van der Waals surface area contributed by atoms with E-state index in [4.69, 9.17) is 0 Å². The van der Waals surface area contributed by atoms with Gasteiger partial charge in [0.15, 0.2) is 0 Å². The van der Waals surface area contributed by atoms with Gasteiger partial charge in [0.2, 0.25) is 0 Å². The third kappa shape index (κ3) is 2.81. The number of fused-ring (bicyclic) bond motifs is 1. The Labute approximate surface area is 120 Å². The molecule has 6 heteroatoms. The van der Waals surface area contributed by atoms with Crippen LogP contribution in [0.5, 0.6) is 0 Å². The largest absolute Gasteiger partial charge is 0.417 e. The highest BCUT2D eigenvalue weighted by atomic mass is 19.4. The fraction of sp³-hybridized carbons (Fsp3) is 0.400. The minimum Gasteiger partial charge on any atom is -0.355 e. The number of anilines is 1. The van der Waals surface area contributed by atoms with Crippen LogP contribution in [0, 0.1) is 0 Å². The summed E-state index contributed by atoms with van der Waals surface area (Å²) in [7, 11) is 0. The normalized spacial score (nSPS) is 17.0. The molecule has 1 aromatic carbocycles. The molecular formula is C15H16F3N3. The van der Waals surface area contributed by atoms with Gasteiger partial charge < -0.3 is 10.2 Å². The number of nitrogens with zero attached hydrogens (tertiary/aromatic N) is 2. The molecule has 3 rings (SSSR count). The highest BCUT2D eigenvalue weighted by molar-refractivity contribution is 5.94. The van der Waals surface area contributed by atoms with E-state index in [0.717, 1.165) is 38.7 Å². The molecule has 2 heterocycles. The number of hydrogen-bond donors (Lipinski definition) is 1. The molecule has 1 aromatic heterocycles. The average molecular weight is 295 g/mol. The van der Waals surface area contributed by atoms with E-state index in [1.807, 2.05) is 0 Å². The van der Waals surface area contributed by atoms with Gasteiger partial charge in [0.05, 0.1) is 5.56 Å². The van der Waals surface area contributed by atoms with Crippen LogP contribution < -0.4 is 10.2 Å². The van der Waals surface area contributed by atoms with Crippen molar-refractivity contribution in [2.45, 2.75) is 12.6 Å². The van der Waals surface area contributed by atoms with E-state index in [0.29, 0.717) is 11.2 Å². The van der Waals surface area contributed by atoms with Crippen LogP contribution in [0.1, 0.15) is 12.0 Å². The van der Waals surface area contributed by atoms with Crippen molar-refractivity contribution < 1.29 is 13.2 Å². The molecule has 0 amide bonds. The third-order valence-corrected chi connectivity index (χ3v) is 3.73. The van der Waals surface area contributed by atoms with Gasteiger partial charge in [-0.25, -0.2) is 4.98 Å². The molecule has 112 valence electrons. The summed E-state index contributed by atoms with van der Waals surface area (Å²) >= 11 is 0. The van der Waals surface area contributed by atoms with E-state index in [-0.39, 0.29) is 5.39 Å². The summed E-state index contributed by atoms with van der Waals surface area (Å²) in [5.74, 6) is 0.641. The summed E-state index contributed by atoms with van der Waals surface area (Å²) in [6, 6.07) is 5.73. The maximum Gasteiger partial charge on any atom is 0.417 e. The van der Waals surface area contributed by atoms with Gasteiger partial charge in [0.25, 0.3) is 0 Å². The average Bonchev–Trinajstić information content (AvgIpc) is 2.74. The summed E-state index contributed by atoms with van der Waals surface area (Å²) in [6.45, 7) is 3.30. The van der Waals surface area contributed by atoms with Gasteiger partial charge in [0.1, 0.15) is 5.82 Å². The van der Waals surface area contributed by atoms with Gasteiger partial charge >= 0.3 is 6.18 Å². The van der Waals surface area contributed by atoms with E-state index in [9.17, 15) is 13.2 Å². The molecule has 0 bridgehead atoms. The lowest BCUT2D eigenvalue weighted by molar-refractivity contribution is -0.136. The number of aromatic nitrogens is 1. The highest BCUT2D eigenvalue weighted by Crippen LogP contribution is 2.36. The molecule has 21 heavy (non-hydrogen) atoms. The summed E-state index contributed by atoms with van der Waals surface area (Å²) in [4.78, 5) is 6.38. The van der Waals surface area contributed by atoms with Gasteiger partial charge in [-0.05, 0) is 30.5 Å². The van der Waals surface area contributed by atoms with Gasteiger partial charge in [-0.3, -0.25) is 0 Å². The first-order chi connectivity index (χ1) is 10.1. The van der Waals surface area contributed by atoms with Crippen molar-refractivity contribution in [1.29, 1.82) is 0 Å². The van der Waals surface area contributed by atoms with Crippen LogP contribution in [-0.2, 0) is 6.18 Å². The van der Waals surface area contributed by atoms with Crippen molar-refractivity contribution >= 4 is 16.6 Å². The second-order valence-corrected chi connectivity index (χ2v) is 5.12. The standard InChI is InChI=1S/C15H16F3N3/c16-15(17,18)13-4-1-3-12-11(13)5-7-20-14(12)21-9-2-6-19-8-10-21/h1,3-5,7,19H,2,6,8-10H2. The smallest absolute Gasteiger partial charge is 0.355 e. The molecule has 0 atom stereocenters. The van der Waals surface area contributed by atoms with E-state index >= 15 is 0 Å². The first-order valence-corrected chi connectivity index (χ1v) is 6.98. The van der Waals surface area contributed by atoms with E-state index in [2.05, 4.69) is 15.2 Å². The summed E-state index contributed by atoms with van der Waals surface area (Å²) in [6.07, 6.45) is -1.93. The first-order valence-electron chi connectivity index (χ1n) is 6.98. The van der Waals surface area contributed by atoms with Crippen molar-refractivity contribution in [3.63, 3.8) is 0 Å². The number of halogens is 3. The Morgan fingerprint density at radius 3 is 2.71 bits per heavy atom. The lowest BCUT2D eigenvalue weighted by Crippen LogP contribution is -2.28. The fourth-order valence-corrected chi connectivity index (χ4v) is 2.75. The first kappa shape index (κ1) is 14.1. The van der Waals surface area contributed by atoms with Gasteiger partial charge in [-0.2, -0.15) is 13.2 Å². The van der Waals surface area contributed by atoms with Crippen LogP contribution in [0.2, 0.25) is 0 Å². The molecule has 0 unspecified atom stereocenters. The van der Waals surface area contributed by atoms with E-state index in [1.165, 1.54) is 18.3 Å². The van der Waals surface area contributed by atoms with Crippen LogP contribution >= 0.6 is 0 Å². The molecule has 1 N–H and O–H groups in total. The summed E-state index contributed by atoms with van der Waals surface area (Å²) in [5, 5.41) is 4.06. The van der Waals surface area contributed by atoms with Gasteiger partial charge in [-0.15, -0.1) is 0 Å². The molecule has 1 aliphatic rings. The number of benzene rings is 1. The van der Waals surface area contributed by atoms with Crippen LogP contribution in [0.15, 0.2) is 30.5 Å². The SMILES string of the molecule is FC(F)(F)c1cccc2c(N3CCCNCC3)nccc12. The topological polar surface area (TPSA) is 28.2 Å². The Morgan fingerprint density at radius 1 is 1.05 bits per heavy atom. The number of alkyl halides is 3. The van der Waals surface area contributed by atoms with Crippen molar-refractivity contribution in [2.75, 3.05) is 31.1 Å². The molecular weight excluding hydrogens is 279 g/mol. The summed E-state index contributed by atoms with van der Waals surface area (Å²) in [5.41, 5.74) is -0.600. The number of nitrogens with one attached hydrogen (secondary N) is 1. The molecule has 0 saturated carbocycles. The minimum atomic E-state index is -4.35. The maximum absolute atomic E-state index is 13.1. The second kappa shape index (κ2) is 5.52. The molecule has 0 aliphatic carbocycles. The number of rotatable bonds is 1. The zero-order valence-corrected chi connectivity index (χ0v) is 11.5. The second-order valence-electron chi connectivity index (χ2n) is 5.12. The molecule has 1 fully saturated rings. The lowest BCUT2D eigenvalue weighted by atomic mass is 10.1. The quantitative estimate of drug-likeness (QED) is 0.876. The molecule has 0 spiro atoms. The Hall–Kier alpha value is -1.82. The molecule has 3 nitrogen and oxygen atoms in total. The Morgan fingerprint density at radius 2 is 1.90 bits per heavy atom. The van der Waals surface area contributed by atoms with Gasteiger partial charge in [0, 0.05) is 31.2 Å². The predicted molar refractivity (Wildman–Crippen MR) is 76.4 cm³/mol. The van der Waals surface area contributed by atoms with Crippen molar-refractivity contribution in [2.24, 2.45) is 0 Å². The monoisotopic (exact) mass is 295 g/mol. The predicted octanol–water partition coefficient (Wildman–Crippen LogP) is 3.05. The van der Waals surface area contributed by atoms with Gasteiger partial charge in [-0.1, -0.05) is 12.1 Å². The number of hydrogen-bond acceptors (Lipinski definition) is 3. The maximum atomic E-state index is 13.1. The Kier molecular flexibility index (Phi) is 3.71. The molecule has 0 radical (unpaired) electrons. The van der Waals surface area contributed by atoms with Crippen LogP contribution in [-0.4, -0.2) is 31.2 Å². The molecule has 1 saturated heterocycles. The number of pyridine rings is 1. The van der Waals surface area contributed by atoms with Crippen LogP contribution in [0.4, 0.5) is 19.0 Å². The van der Waals surface area contributed by atoms with Crippen molar-refractivity contribution in [1.82, 2.24) is 10.3 Å². The summed E-state index contributed by atoms with van der Waals surface area (Å²) < 4.78 is 39.3.